The molecule has 70 valence electrons. The zero-order valence-corrected chi connectivity index (χ0v) is 8.13. The molecule has 2 rings (SSSR count). The van der Waals surface area contributed by atoms with Crippen LogP contribution < -0.4 is 0 Å². The third-order valence-corrected chi connectivity index (χ3v) is 3.92. The van der Waals surface area contributed by atoms with Crippen molar-refractivity contribution in [2.45, 2.75) is 50.0 Å². The third kappa shape index (κ3) is 1.77. The zero-order valence-electron chi connectivity index (χ0n) is 7.38. The molecule has 2 aliphatic rings. The number of hydrogen-bond acceptors (Lipinski definition) is 1. The molecule has 0 aromatic heterocycles. The number of hydrogen-bond donors (Lipinski definition) is 1. The molecule has 2 aliphatic carbocycles. The van der Waals surface area contributed by atoms with E-state index in [1.807, 2.05) is 0 Å². The number of alkyl halides is 1. The van der Waals surface area contributed by atoms with Crippen LogP contribution in [0.3, 0.4) is 0 Å². The summed E-state index contributed by atoms with van der Waals surface area (Å²) < 4.78 is 0. The van der Waals surface area contributed by atoms with E-state index in [0.717, 1.165) is 31.1 Å². The molecule has 0 saturated heterocycles. The van der Waals surface area contributed by atoms with Crippen molar-refractivity contribution in [1.29, 1.82) is 0 Å². The van der Waals surface area contributed by atoms with Gasteiger partial charge < -0.3 is 5.11 Å². The first-order chi connectivity index (χ1) is 5.75. The minimum Gasteiger partial charge on any atom is -0.393 e. The van der Waals surface area contributed by atoms with Crippen LogP contribution in [0.25, 0.3) is 0 Å². The van der Waals surface area contributed by atoms with Gasteiger partial charge in [-0.25, -0.2) is 0 Å². The van der Waals surface area contributed by atoms with Crippen LogP contribution >= 0.6 is 11.6 Å². The molecule has 0 aliphatic heterocycles. The molecule has 4 atom stereocenters. The summed E-state index contributed by atoms with van der Waals surface area (Å²) in [5, 5.41) is 9.90. The highest BCUT2D eigenvalue weighted by atomic mass is 35.5. The molecule has 0 amide bonds. The van der Waals surface area contributed by atoms with Gasteiger partial charge in [0.1, 0.15) is 0 Å². The summed E-state index contributed by atoms with van der Waals surface area (Å²) in [7, 11) is 0. The SMILES string of the molecule is O[C@@H]1CCC2C[C@H](Cl)CCC2C1. The van der Waals surface area contributed by atoms with Crippen LogP contribution in [0, 0.1) is 11.8 Å². The number of rotatable bonds is 0. The molecule has 12 heavy (non-hydrogen) atoms. The molecular weight excluding hydrogens is 172 g/mol. The number of aliphatic hydroxyl groups excluding tert-OH is 1. The van der Waals surface area contributed by atoms with Crippen molar-refractivity contribution in [1.82, 2.24) is 0 Å². The monoisotopic (exact) mass is 188 g/mol. The largest absolute Gasteiger partial charge is 0.393 e. The lowest BCUT2D eigenvalue weighted by Crippen LogP contribution is -2.33. The predicted octanol–water partition coefficient (Wildman–Crippen LogP) is 2.55. The molecule has 1 nitrogen and oxygen atoms in total. The minimum atomic E-state index is -0.0156. The Labute approximate surface area is 79.1 Å². The van der Waals surface area contributed by atoms with Crippen molar-refractivity contribution in [2.75, 3.05) is 0 Å². The Morgan fingerprint density at radius 2 is 1.58 bits per heavy atom. The first-order valence-electron chi connectivity index (χ1n) is 5.08. The van der Waals surface area contributed by atoms with Gasteiger partial charge in [-0.3, -0.25) is 0 Å². The van der Waals surface area contributed by atoms with Gasteiger partial charge in [0.05, 0.1) is 6.10 Å². The molecule has 1 N–H and O–H groups in total. The van der Waals surface area contributed by atoms with Gasteiger partial charge in [0.2, 0.25) is 0 Å². The lowest BCUT2D eigenvalue weighted by molar-refractivity contribution is 0.0500. The second-order valence-corrected chi connectivity index (χ2v) is 5.01. The van der Waals surface area contributed by atoms with Crippen molar-refractivity contribution in [3.8, 4) is 0 Å². The number of fused-ring (bicyclic) bond motifs is 1. The highest BCUT2D eigenvalue weighted by Gasteiger charge is 2.34. The summed E-state index contributed by atoms with van der Waals surface area (Å²) in [5.74, 6) is 1.60. The van der Waals surface area contributed by atoms with E-state index in [2.05, 4.69) is 0 Å². The quantitative estimate of drug-likeness (QED) is 0.580. The van der Waals surface area contributed by atoms with E-state index in [1.54, 1.807) is 0 Å². The maximum Gasteiger partial charge on any atom is 0.0543 e. The predicted molar refractivity (Wildman–Crippen MR) is 50.3 cm³/mol. The van der Waals surface area contributed by atoms with Gasteiger partial charge in [-0.05, 0) is 50.4 Å². The first-order valence-corrected chi connectivity index (χ1v) is 5.51. The van der Waals surface area contributed by atoms with Gasteiger partial charge in [0, 0.05) is 5.38 Å². The van der Waals surface area contributed by atoms with Crippen LogP contribution in [0.4, 0.5) is 0 Å². The van der Waals surface area contributed by atoms with Crippen molar-refractivity contribution < 1.29 is 5.11 Å². The molecule has 0 radical (unpaired) electrons. The third-order valence-electron chi connectivity index (χ3n) is 3.52. The molecule has 0 aromatic rings. The average Bonchev–Trinajstić information content (AvgIpc) is 2.05. The van der Waals surface area contributed by atoms with Crippen molar-refractivity contribution in [2.24, 2.45) is 11.8 Å². The summed E-state index contributed by atoms with van der Waals surface area (Å²) in [5.41, 5.74) is 0. The van der Waals surface area contributed by atoms with E-state index in [0.29, 0.717) is 5.38 Å². The van der Waals surface area contributed by atoms with Crippen LogP contribution in [0.1, 0.15) is 38.5 Å². The standard InChI is InChI=1S/C10H17ClO/c11-9-3-1-8-6-10(12)4-2-7(8)5-9/h7-10,12H,1-6H2/t7?,8?,9-,10-/m1/s1. The lowest BCUT2D eigenvalue weighted by atomic mass is 9.70. The minimum absolute atomic E-state index is 0.0156. The van der Waals surface area contributed by atoms with E-state index in [9.17, 15) is 5.11 Å². The van der Waals surface area contributed by atoms with E-state index >= 15 is 0 Å². The Kier molecular flexibility index (Phi) is 2.61. The Morgan fingerprint density at radius 3 is 2.42 bits per heavy atom. The van der Waals surface area contributed by atoms with Crippen molar-refractivity contribution in [3.05, 3.63) is 0 Å². The molecule has 0 aromatic carbocycles. The van der Waals surface area contributed by atoms with Crippen LogP contribution in [0.15, 0.2) is 0 Å². The molecule has 0 spiro atoms. The molecule has 0 bridgehead atoms. The maximum absolute atomic E-state index is 9.48. The van der Waals surface area contributed by atoms with Crippen LogP contribution in [-0.4, -0.2) is 16.6 Å². The van der Waals surface area contributed by atoms with E-state index in [-0.39, 0.29) is 6.10 Å². The molecule has 2 unspecified atom stereocenters. The van der Waals surface area contributed by atoms with Crippen LogP contribution in [-0.2, 0) is 0 Å². The van der Waals surface area contributed by atoms with Crippen molar-refractivity contribution >= 4 is 11.6 Å². The van der Waals surface area contributed by atoms with E-state index in [1.165, 1.54) is 19.3 Å². The van der Waals surface area contributed by atoms with Gasteiger partial charge >= 0.3 is 0 Å². The Hall–Kier alpha value is 0.250. The second-order valence-electron chi connectivity index (χ2n) is 4.40. The van der Waals surface area contributed by atoms with Crippen LogP contribution in [0.2, 0.25) is 0 Å². The van der Waals surface area contributed by atoms with E-state index < -0.39 is 0 Å². The Morgan fingerprint density at radius 1 is 0.917 bits per heavy atom. The van der Waals surface area contributed by atoms with Gasteiger partial charge in [0.15, 0.2) is 0 Å². The summed E-state index contributed by atoms with van der Waals surface area (Å²) in [6.07, 6.45) is 6.83. The Balaban J connectivity index is 1.94. The van der Waals surface area contributed by atoms with Crippen molar-refractivity contribution in [3.63, 3.8) is 0 Å². The van der Waals surface area contributed by atoms with Crippen LogP contribution in [0.5, 0.6) is 0 Å². The summed E-state index contributed by atoms with van der Waals surface area (Å²) in [6.45, 7) is 0. The summed E-state index contributed by atoms with van der Waals surface area (Å²) in [4.78, 5) is 0. The zero-order chi connectivity index (χ0) is 8.55. The fourth-order valence-electron chi connectivity index (χ4n) is 2.81. The lowest BCUT2D eigenvalue weighted by Gasteiger charge is -2.39. The molecule has 2 heteroatoms. The number of halogens is 1. The highest BCUT2D eigenvalue weighted by Crippen LogP contribution is 2.41. The Bertz CT molecular complexity index is 142. The average molecular weight is 189 g/mol. The molecule has 2 saturated carbocycles. The summed E-state index contributed by atoms with van der Waals surface area (Å²) in [6, 6.07) is 0. The van der Waals surface area contributed by atoms with Gasteiger partial charge in [-0.1, -0.05) is 0 Å². The molecule has 0 heterocycles. The van der Waals surface area contributed by atoms with Gasteiger partial charge in [-0.15, -0.1) is 11.6 Å². The fraction of sp³-hybridized carbons (Fsp3) is 1.00. The number of aliphatic hydroxyl groups is 1. The van der Waals surface area contributed by atoms with Gasteiger partial charge in [0.25, 0.3) is 0 Å². The smallest absolute Gasteiger partial charge is 0.0543 e. The molecular formula is C10H17ClO. The topological polar surface area (TPSA) is 20.2 Å². The maximum atomic E-state index is 9.48. The highest BCUT2D eigenvalue weighted by molar-refractivity contribution is 6.20. The second kappa shape index (κ2) is 3.55. The molecule has 2 fully saturated rings. The summed E-state index contributed by atoms with van der Waals surface area (Å²) >= 11 is 6.11. The van der Waals surface area contributed by atoms with E-state index in [4.69, 9.17) is 11.6 Å². The first kappa shape index (κ1) is 8.83. The normalized spacial score (nSPS) is 48.5. The fourth-order valence-corrected chi connectivity index (χ4v) is 3.16. The van der Waals surface area contributed by atoms with Gasteiger partial charge in [-0.2, -0.15) is 0 Å².